The molecule has 0 aliphatic heterocycles. The first-order valence-corrected chi connectivity index (χ1v) is 10.6. The van der Waals surface area contributed by atoms with Gasteiger partial charge in [0.2, 0.25) is 5.91 Å². The van der Waals surface area contributed by atoms with Crippen molar-refractivity contribution in [3.05, 3.63) is 77.4 Å². The number of aromatic nitrogens is 2. The van der Waals surface area contributed by atoms with Crippen LogP contribution in [-0.2, 0) is 11.8 Å². The van der Waals surface area contributed by atoms with E-state index in [-0.39, 0.29) is 11.9 Å². The van der Waals surface area contributed by atoms with Gasteiger partial charge in [0.1, 0.15) is 23.4 Å². The van der Waals surface area contributed by atoms with Crippen molar-refractivity contribution < 1.29 is 14.3 Å². The lowest BCUT2D eigenvalue weighted by Gasteiger charge is -2.19. The molecule has 1 amide bonds. The van der Waals surface area contributed by atoms with Crippen molar-refractivity contribution in [1.29, 1.82) is 0 Å². The molecule has 0 radical (unpaired) electrons. The summed E-state index contributed by atoms with van der Waals surface area (Å²) in [5.41, 5.74) is 3.27. The lowest BCUT2D eigenvalue weighted by Crippen LogP contribution is -2.31. The molecule has 0 fully saturated rings. The van der Waals surface area contributed by atoms with E-state index in [4.69, 9.17) is 9.47 Å². The van der Waals surface area contributed by atoms with E-state index < -0.39 is 0 Å². The van der Waals surface area contributed by atoms with E-state index in [2.05, 4.69) is 29.4 Å². The average Bonchev–Trinajstić information content (AvgIpc) is 3.19. The van der Waals surface area contributed by atoms with E-state index in [0.29, 0.717) is 13.0 Å². The van der Waals surface area contributed by atoms with Gasteiger partial charge in [0.15, 0.2) is 0 Å². The number of nitrogens with zero attached hydrogens (tertiary/aromatic N) is 2. The SMILES string of the molecule is COc1ccc(C(NC(=O)CCCCOc2cc(C)ccc2C)c2nccn2C)cc1. The summed E-state index contributed by atoms with van der Waals surface area (Å²) in [6, 6.07) is 13.6. The fourth-order valence-corrected chi connectivity index (χ4v) is 3.41. The second kappa shape index (κ2) is 10.7. The van der Waals surface area contributed by atoms with Crippen LogP contribution in [0.15, 0.2) is 54.9 Å². The van der Waals surface area contributed by atoms with Gasteiger partial charge in [-0.2, -0.15) is 0 Å². The fourth-order valence-electron chi connectivity index (χ4n) is 3.41. The standard InChI is InChI=1S/C25H31N3O3/c1-18-8-9-19(2)22(17-18)31-16-6-5-7-23(29)27-24(25-26-14-15-28(25)3)20-10-12-21(30-4)13-11-20/h8-15,17,24H,5-7,16H2,1-4H3,(H,27,29). The van der Waals surface area contributed by atoms with Crippen LogP contribution in [0.3, 0.4) is 0 Å². The molecule has 164 valence electrons. The van der Waals surface area contributed by atoms with Crippen LogP contribution in [0.5, 0.6) is 11.5 Å². The van der Waals surface area contributed by atoms with E-state index in [1.165, 1.54) is 5.56 Å². The molecule has 1 aromatic heterocycles. The smallest absolute Gasteiger partial charge is 0.220 e. The maximum absolute atomic E-state index is 12.7. The van der Waals surface area contributed by atoms with Gasteiger partial charge in [0.25, 0.3) is 0 Å². The zero-order valence-electron chi connectivity index (χ0n) is 18.7. The Bertz CT molecular complexity index is 996. The summed E-state index contributed by atoms with van der Waals surface area (Å²) in [4.78, 5) is 17.1. The molecule has 0 bridgehead atoms. The molecular weight excluding hydrogens is 390 g/mol. The molecule has 2 aromatic carbocycles. The second-order valence-electron chi connectivity index (χ2n) is 7.74. The number of rotatable bonds is 10. The molecule has 6 heteroatoms. The average molecular weight is 422 g/mol. The number of ether oxygens (including phenoxy) is 2. The number of nitrogens with one attached hydrogen (secondary N) is 1. The van der Waals surface area contributed by atoms with Crippen molar-refractivity contribution in [3.63, 3.8) is 0 Å². The highest BCUT2D eigenvalue weighted by atomic mass is 16.5. The van der Waals surface area contributed by atoms with E-state index in [1.54, 1.807) is 13.3 Å². The Morgan fingerprint density at radius 2 is 1.90 bits per heavy atom. The molecule has 3 aromatic rings. The van der Waals surface area contributed by atoms with Gasteiger partial charge in [0, 0.05) is 25.9 Å². The first-order chi connectivity index (χ1) is 15.0. The third kappa shape index (κ3) is 6.10. The predicted octanol–water partition coefficient (Wildman–Crippen LogP) is 4.50. The van der Waals surface area contributed by atoms with Gasteiger partial charge in [-0.1, -0.05) is 24.3 Å². The Labute approximate surface area is 184 Å². The molecule has 1 N–H and O–H groups in total. The summed E-state index contributed by atoms with van der Waals surface area (Å²) >= 11 is 0. The number of methoxy groups -OCH3 is 1. The maximum atomic E-state index is 12.7. The van der Waals surface area contributed by atoms with Crippen LogP contribution in [0.25, 0.3) is 0 Å². The van der Waals surface area contributed by atoms with Crippen LogP contribution in [0.4, 0.5) is 0 Å². The van der Waals surface area contributed by atoms with Crippen LogP contribution >= 0.6 is 0 Å². The summed E-state index contributed by atoms with van der Waals surface area (Å²) in [6.45, 7) is 4.69. The summed E-state index contributed by atoms with van der Waals surface area (Å²) < 4.78 is 13.1. The zero-order valence-corrected chi connectivity index (χ0v) is 18.7. The molecular formula is C25H31N3O3. The van der Waals surface area contributed by atoms with Crippen molar-refractivity contribution in [3.8, 4) is 11.5 Å². The molecule has 0 aliphatic carbocycles. The Morgan fingerprint density at radius 3 is 2.58 bits per heavy atom. The lowest BCUT2D eigenvalue weighted by atomic mass is 10.1. The van der Waals surface area contributed by atoms with Crippen molar-refractivity contribution >= 4 is 5.91 Å². The third-order valence-corrected chi connectivity index (χ3v) is 5.27. The second-order valence-corrected chi connectivity index (χ2v) is 7.74. The van der Waals surface area contributed by atoms with Gasteiger partial charge < -0.3 is 19.4 Å². The number of amides is 1. The van der Waals surface area contributed by atoms with Crippen molar-refractivity contribution in [2.45, 2.75) is 39.2 Å². The summed E-state index contributed by atoms with van der Waals surface area (Å²) in [5.74, 6) is 2.48. The van der Waals surface area contributed by atoms with E-state index in [1.807, 2.05) is 55.1 Å². The zero-order chi connectivity index (χ0) is 22.2. The number of carbonyl (C=O) groups excluding carboxylic acids is 1. The number of hydrogen-bond donors (Lipinski definition) is 1. The summed E-state index contributed by atoms with van der Waals surface area (Å²) in [6.07, 6.45) is 5.63. The molecule has 6 nitrogen and oxygen atoms in total. The molecule has 31 heavy (non-hydrogen) atoms. The van der Waals surface area contributed by atoms with Crippen LogP contribution in [0.2, 0.25) is 0 Å². The molecule has 1 unspecified atom stereocenters. The van der Waals surface area contributed by atoms with Crippen molar-refractivity contribution in [1.82, 2.24) is 14.9 Å². The van der Waals surface area contributed by atoms with Crippen molar-refractivity contribution in [2.75, 3.05) is 13.7 Å². The molecule has 0 spiro atoms. The van der Waals surface area contributed by atoms with E-state index in [0.717, 1.165) is 41.3 Å². The largest absolute Gasteiger partial charge is 0.497 e. The molecule has 0 saturated heterocycles. The first kappa shape index (κ1) is 22.4. The van der Waals surface area contributed by atoms with Gasteiger partial charge in [-0.05, 0) is 61.6 Å². The van der Waals surface area contributed by atoms with E-state index in [9.17, 15) is 4.79 Å². The lowest BCUT2D eigenvalue weighted by molar-refractivity contribution is -0.121. The van der Waals surface area contributed by atoms with Crippen LogP contribution in [-0.4, -0.2) is 29.2 Å². The number of carbonyl (C=O) groups is 1. The monoisotopic (exact) mass is 421 g/mol. The van der Waals surface area contributed by atoms with Crippen LogP contribution in [0, 0.1) is 13.8 Å². The Balaban J connectivity index is 1.54. The van der Waals surface area contributed by atoms with E-state index >= 15 is 0 Å². The highest BCUT2D eigenvalue weighted by molar-refractivity contribution is 5.76. The minimum atomic E-state index is -0.315. The number of hydrogen-bond acceptors (Lipinski definition) is 4. The van der Waals surface area contributed by atoms with Gasteiger partial charge in [-0.15, -0.1) is 0 Å². The number of benzene rings is 2. The third-order valence-electron chi connectivity index (χ3n) is 5.27. The van der Waals surface area contributed by atoms with Gasteiger partial charge >= 0.3 is 0 Å². The first-order valence-electron chi connectivity index (χ1n) is 10.6. The summed E-state index contributed by atoms with van der Waals surface area (Å²) in [7, 11) is 3.56. The maximum Gasteiger partial charge on any atom is 0.220 e. The topological polar surface area (TPSA) is 65.4 Å². The fraction of sp³-hybridized carbons (Fsp3) is 0.360. The molecule has 0 saturated carbocycles. The predicted molar refractivity (Wildman–Crippen MR) is 121 cm³/mol. The molecule has 1 heterocycles. The highest BCUT2D eigenvalue weighted by Gasteiger charge is 2.20. The van der Waals surface area contributed by atoms with Crippen LogP contribution in [0.1, 0.15) is 47.8 Å². The number of aryl methyl sites for hydroxylation is 3. The minimum absolute atomic E-state index is 0.00412. The van der Waals surface area contributed by atoms with Gasteiger partial charge in [0.05, 0.1) is 13.7 Å². The number of imidazole rings is 1. The van der Waals surface area contributed by atoms with Gasteiger partial charge in [-0.3, -0.25) is 4.79 Å². The molecule has 1 atom stereocenters. The van der Waals surface area contributed by atoms with Gasteiger partial charge in [-0.25, -0.2) is 4.98 Å². The Kier molecular flexibility index (Phi) is 7.70. The molecule has 0 aliphatic rings. The Hall–Kier alpha value is -3.28. The summed E-state index contributed by atoms with van der Waals surface area (Å²) in [5, 5.41) is 3.14. The minimum Gasteiger partial charge on any atom is -0.497 e. The number of unbranched alkanes of at least 4 members (excludes halogenated alkanes) is 1. The quantitative estimate of drug-likeness (QED) is 0.490. The highest BCUT2D eigenvalue weighted by Crippen LogP contribution is 2.23. The molecule has 3 rings (SSSR count). The van der Waals surface area contributed by atoms with Crippen LogP contribution < -0.4 is 14.8 Å². The van der Waals surface area contributed by atoms with Crippen molar-refractivity contribution in [2.24, 2.45) is 7.05 Å². The Morgan fingerprint density at radius 1 is 1.13 bits per heavy atom. The normalized spacial score (nSPS) is 11.7.